The van der Waals surface area contributed by atoms with Crippen LogP contribution in [0.4, 0.5) is 9.59 Å². The minimum Gasteiger partial charge on any atom is -0.467 e. The quantitative estimate of drug-likeness (QED) is 0.803. The van der Waals surface area contributed by atoms with E-state index < -0.39 is 0 Å². The highest BCUT2D eigenvalue weighted by Gasteiger charge is 2.50. The summed E-state index contributed by atoms with van der Waals surface area (Å²) < 4.78 is 5.50. The van der Waals surface area contributed by atoms with Crippen molar-refractivity contribution in [2.45, 2.75) is 25.2 Å². The largest absolute Gasteiger partial charge is 0.467 e. The van der Waals surface area contributed by atoms with Crippen molar-refractivity contribution < 1.29 is 14.0 Å². The van der Waals surface area contributed by atoms with E-state index in [1.165, 1.54) is 4.90 Å². The van der Waals surface area contributed by atoms with E-state index in [4.69, 9.17) is 4.42 Å². The molecule has 0 aliphatic carbocycles. The van der Waals surface area contributed by atoms with Crippen molar-refractivity contribution in [3.8, 4) is 0 Å². The van der Waals surface area contributed by atoms with E-state index in [2.05, 4.69) is 10.6 Å². The second kappa shape index (κ2) is 4.43. The Bertz CT molecular complexity index is 530. The van der Waals surface area contributed by atoms with Crippen LogP contribution in [0, 0.1) is 5.92 Å². The molecule has 1 aromatic rings. The molecule has 7 heteroatoms. The number of carbonyl (C=O) groups is 2. The summed E-state index contributed by atoms with van der Waals surface area (Å²) in [7, 11) is 3.42. The van der Waals surface area contributed by atoms with Crippen LogP contribution in [0.1, 0.15) is 18.7 Å². The van der Waals surface area contributed by atoms with Gasteiger partial charge in [0.15, 0.2) is 0 Å². The summed E-state index contributed by atoms with van der Waals surface area (Å²) in [6.45, 7) is 1.95. The number of urea groups is 2. The zero-order chi connectivity index (χ0) is 14.4. The van der Waals surface area contributed by atoms with Gasteiger partial charge in [0.1, 0.15) is 11.9 Å². The van der Waals surface area contributed by atoms with Gasteiger partial charge in [-0.25, -0.2) is 9.59 Å². The van der Waals surface area contributed by atoms with Gasteiger partial charge in [-0.05, 0) is 19.1 Å². The van der Waals surface area contributed by atoms with Crippen molar-refractivity contribution in [1.82, 2.24) is 20.4 Å². The molecule has 1 aromatic heterocycles. The summed E-state index contributed by atoms with van der Waals surface area (Å²) in [4.78, 5) is 27.2. The lowest BCUT2D eigenvalue weighted by molar-refractivity contribution is 0.0175. The topological polar surface area (TPSA) is 77.8 Å². The van der Waals surface area contributed by atoms with Crippen LogP contribution in [-0.2, 0) is 0 Å². The maximum absolute atomic E-state index is 12.1. The van der Waals surface area contributed by atoms with Gasteiger partial charge in [0.2, 0.25) is 0 Å². The molecule has 2 aliphatic heterocycles. The van der Waals surface area contributed by atoms with Gasteiger partial charge in [-0.1, -0.05) is 0 Å². The Morgan fingerprint density at radius 1 is 1.15 bits per heavy atom. The number of hydrogen-bond acceptors (Lipinski definition) is 3. The van der Waals surface area contributed by atoms with Gasteiger partial charge in [-0.3, -0.25) is 0 Å². The Morgan fingerprint density at radius 3 is 2.50 bits per heavy atom. The molecular weight excluding hydrogens is 260 g/mol. The maximum atomic E-state index is 12.1. The molecule has 0 bridgehead atoms. The van der Waals surface area contributed by atoms with Gasteiger partial charge in [-0.15, -0.1) is 0 Å². The lowest BCUT2D eigenvalue weighted by atomic mass is 9.83. The van der Waals surface area contributed by atoms with Crippen molar-refractivity contribution in [2.75, 3.05) is 14.1 Å². The number of fused-ring (bicyclic) bond motifs is 1. The molecule has 20 heavy (non-hydrogen) atoms. The van der Waals surface area contributed by atoms with Gasteiger partial charge >= 0.3 is 12.1 Å². The smallest absolute Gasteiger partial charge is 0.319 e. The van der Waals surface area contributed by atoms with Gasteiger partial charge in [-0.2, -0.15) is 0 Å². The summed E-state index contributed by atoms with van der Waals surface area (Å²) >= 11 is 0. The number of nitrogens with zero attached hydrogens (tertiary/aromatic N) is 2. The molecule has 2 saturated heterocycles. The summed E-state index contributed by atoms with van der Waals surface area (Å²) in [5, 5.41) is 5.80. The number of carbonyl (C=O) groups excluding carboxylic acids is 2. The predicted molar refractivity (Wildman–Crippen MR) is 70.8 cm³/mol. The first-order chi connectivity index (χ1) is 9.50. The third kappa shape index (κ3) is 1.73. The molecule has 0 spiro atoms. The van der Waals surface area contributed by atoms with Crippen molar-refractivity contribution in [2.24, 2.45) is 5.92 Å². The highest BCUT2D eigenvalue weighted by Crippen LogP contribution is 2.38. The average Bonchev–Trinajstić information content (AvgIpc) is 2.92. The van der Waals surface area contributed by atoms with Crippen LogP contribution in [0.25, 0.3) is 0 Å². The molecule has 3 heterocycles. The number of furan rings is 1. The fourth-order valence-corrected chi connectivity index (χ4v) is 3.14. The van der Waals surface area contributed by atoms with Crippen molar-refractivity contribution in [1.29, 1.82) is 0 Å². The molecule has 108 valence electrons. The van der Waals surface area contributed by atoms with Crippen LogP contribution in [0.5, 0.6) is 0 Å². The van der Waals surface area contributed by atoms with E-state index in [9.17, 15) is 9.59 Å². The lowest BCUT2D eigenvalue weighted by Crippen LogP contribution is -2.71. The fourth-order valence-electron chi connectivity index (χ4n) is 3.14. The van der Waals surface area contributed by atoms with Crippen LogP contribution in [0.15, 0.2) is 22.8 Å². The van der Waals surface area contributed by atoms with Crippen LogP contribution in [-0.4, -0.2) is 48.2 Å². The molecule has 2 aliphatic rings. The van der Waals surface area contributed by atoms with E-state index in [0.717, 1.165) is 5.76 Å². The minimum absolute atomic E-state index is 0.00606. The first kappa shape index (κ1) is 12.8. The van der Waals surface area contributed by atoms with Crippen LogP contribution >= 0.6 is 0 Å². The Hall–Kier alpha value is -2.18. The summed E-state index contributed by atoms with van der Waals surface area (Å²) in [6.07, 6.45) is 1.26. The first-order valence-corrected chi connectivity index (χ1v) is 6.60. The first-order valence-electron chi connectivity index (χ1n) is 6.60. The second-order valence-corrected chi connectivity index (χ2v) is 5.39. The van der Waals surface area contributed by atoms with Crippen molar-refractivity contribution in [3.05, 3.63) is 24.2 Å². The molecule has 4 atom stereocenters. The van der Waals surface area contributed by atoms with E-state index >= 15 is 0 Å². The average molecular weight is 278 g/mol. The predicted octanol–water partition coefficient (Wildman–Crippen LogP) is 0.961. The highest BCUT2D eigenvalue weighted by molar-refractivity contribution is 5.80. The van der Waals surface area contributed by atoms with E-state index in [1.807, 2.05) is 13.0 Å². The van der Waals surface area contributed by atoms with E-state index in [1.54, 1.807) is 31.3 Å². The van der Waals surface area contributed by atoms with E-state index in [-0.39, 0.29) is 36.2 Å². The Labute approximate surface area is 116 Å². The number of amides is 4. The molecule has 2 fully saturated rings. The lowest BCUT2D eigenvalue weighted by Gasteiger charge is -2.51. The van der Waals surface area contributed by atoms with Crippen LogP contribution < -0.4 is 10.6 Å². The SMILES string of the molecule is C[C@@H]1NC(=O)N(C)[C@H]2NC(=O)N(C)[C@H](c3ccco3)[C@H]12. The fraction of sp³-hybridized carbons (Fsp3) is 0.538. The number of nitrogens with one attached hydrogen (secondary N) is 2. The Balaban J connectivity index is 2.02. The third-order valence-corrected chi connectivity index (χ3v) is 4.24. The Kier molecular flexibility index (Phi) is 2.84. The number of rotatable bonds is 1. The Morgan fingerprint density at radius 2 is 1.85 bits per heavy atom. The molecule has 0 unspecified atom stereocenters. The second-order valence-electron chi connectivity index (χ2n) is 5.39. The normalized spacial score (nSPS) is 33.5. The minimum atomic E-state index is -0.336. The monoisotopic (exact) mass is 278 g/mol. The van der Waals surface area contributed by atoms with Gasteiger partial charge in [0.25, 0.3) is 0 Å². The molecular formula is C13H18N4O3. The van der Waals surface area contributed by atoms with Crippen LogP contribution in [0.2, 0.25) is 0 Å². The van der Waals surface area contributed by atoms with Crippen molar-refractivity contribution in [3.63, 3.8) is 0 Å². The molecule has 7 nitrogen and oxygen atoms in total. The standard InChI is InChI=1S/C13H18N4O3/c1-7-9-10(8-5-4-6-20-8)16(2)13(19)15-11(9)17(3)12(18)14-7/h4-7,9-11H,1-3H3,(H,14,18)(H,15,19)/t7-,9-,10+,11+/m0/s1. The maximum Gasteiger partial charge on any atom is 0.319 e. The number of hydrogen-bond donors (Lipinski definition) is 2. The zero-order valence-corrected chi connectivity index (χ0v) is 11.7. The van der Waals surface area contributed by atoms with Crippen LogP contribution in [0.3, 0.4) is 0 Å². The molecule has 4 amide bonds. The summed E-state index contributed by atoms with van der Waals surface area (Å²) in [5.41, 5.74) is 0. The molecule has 0 saturated carbocycles. The summed E-state index contributed by atoms with van der Waals surface area (Å²) in [6, 6.07) is 3.01. The van der Waals surface area contributed by atoms with Gasteiger partial charge in [0, 0.05) is 26.1 Å². The summed E-state index contributed by atoms with van der Waals surface area (Å²) in [5.74, 6) is 0.736. The van der Waals surface area contributed by atoms with Gasteiger partial charge in [0.05, 0.1) is 12.3 Å². The molecule has 0 aromatic carbocycles. The van der Waals surface area contributed by atoms with E-state index in [0.29, 0.717) is 0 Å². The molecule has 2 N–H and O–H groups in total. The van der Waals surface area contributed by atoms with Gasteiger partial charge < -0.3 is 24.9 Å². The highest BCUT2D eigenvalue weighted by atomic mass is 16.3. The molecule has 0 radical (unpaired) electrons. The third-order valence-electron chi connectivity index (χ3n) is 4.24. The van der Waals surface area contributed by atoms with Crippen molar-refractivity contribution >= 4 is 12.1 Å². The zero-order valence-electron chi connectivity index (χ0n) is 11.7. The molecule has 3 rings (SSSR count).